The van der Waals surface area contributed by atoms with Gasteiger partial charge in [0.15, 0.2) is 12.6 Å². The van der Waals surface area contributed by atoms with Crippen molar-refractivity contribution in [3.63, 3.8) is 0 Å². The molecule has 0 aliphatic carbocycles. The number of carbonyl (C=O) groups excluding carboxylic acids is 1. The third kappa shape index (κ3) is 5.63. The number of benzene rings is 1. The summed E-state index contributed by atoms with van der Waals surface area (Å²) in [6.07, 6.45) is 0. The first-order chi connectivity index (χ1) is 10.3. The number of guanidine groups is 1. The molecule has 1 aromatic carbocycles. The Bertz CT molecular complexity index is 515. The predicted molar refractivity (Wildman–Crippen MR) is 89.1 cm³/mol. The fraction of sp³-hybridized carbons (Fsp3) is 0.500. The van der Waals surface area contributed by atoms with Gasteiger partial charge in [-0.05, 0) is 17.7 Å². The molecule has 0 saturated carbocycles. The molecule has 1 amide bonds. The quantitative estimate of drug-likeness (QED) is 0.604. The first kappa shape index (κ1) is 17.8. The molecule has 6 heteroatoms. The molecule has 0 heterocycles. The molecule has 0 radical (unpaired) electrons. The lowest BCUT2D eigenvalue weighted by molar-refractivity contribution is -0.130. The van der Waals surface area contributed by atoms with Crippen LogP contribution in [-0.4, -0.2) is 75.5 Å². The molecular formula is C16H26N4O2. The normalized spacial score (nSPS) is 9.91. The molecule has 0 aliphatic rings. The van der Waals surface area contributed by atoms with Crippen molar-refractivity contribution >= 4 is 11.9 Å². The third-order valence-corrected chi connectivity index (χ3v) is 2.96. The Morgan fingerprint density at radius 2 is 1.68 bits per heavy atom. The van der Waals surface area contributed by atoms with E-state index >= 15 is 0 Å². The predicted octanol–water partition coefficient (Wildman–Crippen LogP) is 1.13. The molecule has 0 N–H and O–H groups in total. The van der Waals surface area contributed by atoms with Crippen molar-refractivity contribution in [3.8, 4) is 5.75 Å². The lowest BCUT2D eigenvalue weighted by Gasteiger charge is -2.22. The van der Waals surface area contributed by atoms with E-state index in [1.165, 1.54) is 4.90 Å². The average Bonchev–Trinajstić information content (AvgIpc) is 2.44. The van der Waals surface area contributed by atoms with Gasteiger partial charge in [-0.2, -0.15) is 0 Å². The number of likely N-dealkylation sites (N-methyl/N-ethyl adjacent to an activating group) is 1. The molecule has 0 bridgehead atoms. The van der Waals surface area contributed by atoms with E-state index in [1.54, 1.807) is 14.1 Å². The van der Waals surface area contributed by atoms with Crippen LogP contribution < -0.4 is 4.74 Å². The Kier molecular flexibility index (Phi) is 6.69. The van der Waals surface area contributed by atoms with E-state index in [0.717, 1.165) is 11.5 Å². The first-order valence-corrected chi connectivity index (χ1v) is 7.12. The van der Waals surface area contributed by atoms with Crippen molar-refractivity contribution in [2.75, 3.05) is 48.9 Å². The minimum atomic E-state index is -0.0640. The second-order valence-electron chi connectivity index (χ2n) is 5.63. The summed E-state index contributed by atoms with van der Waals surface area (Å²) >= 11 is 0. The van der Waals surface area contributed by atoms with Crippen molar-refractivity contribution in [3.05, 3.63) is 29.8 Å². The van der Waals surface area contributed by atoms with Gasteiger partial charge in [-0.3, -0.25) is 4.79 Å². The highest BCUT2D eigenvalue weighted by Gasteiger charge is 2.06. The molecule has 0 spiro atoms. The van der Waals surface area contributed by atoms with Gasteiger partial charge in [0, 0.05) is 42.3 Å². The summed E-state index contributed by atoms with van der Waals surface area (Å²) in [6, 6.07) is 7.66. The zero-order valence-electron chi connectivity index (χ0n) is 14.3. The summed E-state index contributed by atoms with van der Waals surface area (Å²) in [5.74, 6) is 1.51. The molecule has 1 aromatic rings. The van der Waals surface area contributed by atoms with Gasteiger partial charge in [0.1, 0.15) is 5.75 Å². The zero-order chi connectivity index (χ0) is 16.7. The minimum absolute atomic E-state index is 0.0420. The van der Waals surface area contributed by atoms with Crippen molar-refractivity contribution in [2.45, 2.75) is 6.54 Å². The Morgan fingerprint density at radius 3 is 2.23 bits per heavy atom. The van der Waals surface area contributed by atoms with E-state index in [2.05, 4.69) is 4.99 Å². The van der Waals surface area contributed by atoms with E-state index in [4.69, 9.17) is 4.74 Å². The Hall–Kier alpha value is -2.24. The summed E-state index contributed by atoms with van der Waals surface area (Å²) in [5, 5.41) is 0. The van der Waals surface area contributed by atoms with Gasteiger partial charge < -0.3 is 19.4 Å². The number of hydrogen-bond donors (Lipinski definition) is 0. The summed E-state index contributed by atoms with van der Waals surface area (Å²) in [7, 11) is 11.3. The van der Waals surface area contributed by atoms with Gasteiger partial charge in [0.25, 0.3) is 5.91 Å². The monoisotopic (exact) mass is 306 g/mol. The van der Waals surface area contributed by atoms with Crippen LogP contribution in [0.4, 0.5) is 0 Å². The van der Waals surface area contributed by atoms with Gasteiger partial charge >= 0.3 is 0 Å². The highest BCUT2D eigenvalue weighted by atomic mass is 16.5. The molecule has 0 saturated heterocycles. The van der Waals surface area contributed by atoms with Crippen molar-refractivity contribution in [1.29, 1.82) is 0 Å². The molecule has 0 aromatic heterocycles. The van der Waals surface area contributed by atoms with Crippen LogP contribution in [-0.2, 0) is 11.3 Å². The van der Waals surface area contributed by atoms with Gasteiger partial charge in [-0.1, -0.05) is 12.1 Å². The summed E-state index contributed by atoms with van der Waals surface area (Å²) < 4.78 is 5.51. The van der Waals surface area contributed by atoms with Gasteiger partial charge in [0.05, 0.1) is 6.54 Å². The molecule has 6 nitrogen and oxygen atoms in total. The number of amides is 1. The van der Waals surface area contributed by atoms with Crippen LogP contribution in [0, 0.1) is 0 Å². The minimum Gasteiger partial charge on any atom is -0.484 e. The van der Waals surface area contributed by atoms with Gasteiger partial charge in [-0.25, -0.2) is 4.99 Å². The molecule has 0 unspecified atom stereocenters. The van der Waals surface area contributed by atoms with Crippen LogP contribution in [0.3, 0.4) is 0 Å². The third-order valence-electron chi connectivity index (χ3n) is 2.96. The SMILES string of the molecule is CN(C)C(=O)COc1cccc(CN=C(N(C)C)N(C)C)c1. The highest BCUT2D eigenvalue weighted by Crippen LogP contribution is 2.14. The van der Waals surface area contributed by atoms with E-state index in [0.29, 0.717) is 12.3 Å². The number of ether oxygens (including phenoxy) is 1. The molecule has 122 valence electrons. The van der Waals surface area contributed by atoms with Crippen LogP contribution >= 0.6 is 0 Å². The zero-order valence-corrected chi connectivity index (χ0v) is 14.3. The number of hydrogen-bond acceptors (Lipinski definition) is 3. The fourth-order valence-electron chi connectivity index (χ4n) is 1.85. The highest BCUT2D eigenvalue weighted by molar-refractivity contribution is 5.79. The fourth-order valence-corrected chi connectivity index (χ4v) is 1.85. The Morgan fingerprint density at radius 1 is 1.05 bits per heavy atom. The lowest BCUT2D eigenvalue weighted by atomic mass is 10.2. The van der Waals surface area contributed by atoms with Crippen LogP contribution in [0.2, 0.25) is 0 Å². The van der Waals surface area contributed by atoms with Crippen molar-refractivity contribution in [2.24, 2.45) is 4.99 Å². The smallest absolute Gasteiger partial charge is 0.259 e. The topological polar surface area (TPSA) is 48.4 Å². The van der Waals surface area contributed by atoms with Crippen LogP contribution in [0.1, 0.15) is 5.56 Å². The summed E-state index contributed by atoms with van der Waals surface area (Å²) in [6.45, 7) is 0.602. The van der Waals surface area contributed by atoms with Gasteiger partial charge in [0.2, 0.25) is 0 Å². The number of rotatable bonds is 5. The molecule has 1 rings (SSSR count). The summed E-state index contributed by atoms with van der Waals surface area (Å²) in [5.41, 5.74) is 1.04. The number of nitrogens with zero attached hydrogens (tertiary/aromatic N) is 4. The standard InChI is InChI=1S/C16H26N4O2/c1-18(2)15(21)12-22-14-9-7-8-13(10-14)11-17-16(19(3)4)20(5)6/h7-10H,11-12H2,1-6H3. The van der Waals surface area contributed by atoms with Crippen LogP contribution in [0.5, 0.6) is 5.75 Å². The Labute approximate surface area is 133 Å². The Balaban J connectivity index is 2.72. The maximum atomic E-state index is 11.5. The largest absolute Gasteiger partial charge is 0.484 e. The lowest BCUT2D eigenvalue weighted by Crippen LogP contribution is -2.35. The average molecular weight is 306 g/mol. The second-order valence-corrected chi connectivity index (χ2v) is 5.63. The van der Waals surface area contributed by atoms with E-state index in [-0.39, 0.29) is 12.5 Å². The number of carbonyl (C=O) groups is 1. The first-order valence-electron chi connectivity index (χ1n) is 7.12. The molecule has 0 aliphatic heterocycles. The van der Waals surface area contributed by atoms with Crippen LogP contribution in [0.15, 0.2) is 29.3 Å². The molecule has 22 heavy (non-hydrogen) atoms. The van der Waals surface area contributed by atoms with E-state index in [9.17, 15) is 4.79 Å². The van der Waals surface area contributed by atoms with Crippen molar-refractivity contribution < 1.29 is 9.53 Å². The maximum Gasteiger partial charge on any atom is 0.259 e. The van der Waals surface area contributed by atoms with E-state index < -0.39 is 0 Å². The van der Waals surface area contributed by atoms with Gasteiger partial charge in [-0.15, -0.1) is 0 Å². The maximum absolute atomic E-state index is 11.5. The number of aliphatic imine (C=N–C) groups is 1. The molecule has 0 fully saturated rings. The van der Waals surface area contributed by atoms with Crippen molar-refractivity contribution in [1.82, 2.24) is 14.7 Å². The summed E-state index contributed by atoms with van der Waals surface area (Å²) in [4.78, 5) is 21.6. The molecule has 0 atom stereocenters. The van der Waals surface area contributed by atoms with Crippen LogP contribution in [0.25, 0.3) is 0 Å². The van der Waals surface area contributed by atoms with E-state index in [1.807, 2.05) is 62.3 Å². The molecular weight excluding hydrogens is 280 g/mol. The second kappa shape index (κ2) is 8.26.